The second kappa shape index (κ2) is 4.09. The Labute approximate surface area is 64.4 Å². The summed E-state index contributed by atoms with van der Waals surface area (Å²) in [6, 6.07) is 0. The fraction of sp³-hybridized carbons (Fsp3) is 0.400. The Morgan fingerprint density at radius 2 is 2.18 bits per heavy atom. The Morgan fingerprint density at radius 3 is 2.55 bits per heavy atom. The van der Waals surface area contributed by atoms with E-state index in [2.05, 4.69) is 11.3 Å². The molecule has 0 aromatic carbocycles. The molecular weight excluding hydrogens is 172 g/mol. The minimum atomic E-state index is -4.26. The maximum Gasteiger partial charge on any atom is 0.323 e. The Balaban J connectivity index is 3.80. The third-order valence-electron chi connectivity index (χ3n) is 0.662. The zero-order valence-corrected chi connectivity index (χ0v) is 6.50. The van der Waals surface area contributed by atoms with Gasteiger partial charge in [-0.3, -0.25) is 9.35 Å². The molecule has 0 radical (unpaired) electrons. The molecule has 0 saturated carbocycles. The van der Waals surface area contributed by atoms with Gasteiger partial charge >= 0.3 is 5.97 Å². The molecule has 0 aliphatic rings. The summed E-state index contributed by atoms with van der Waals surface area (Å²) in [5.41, 5.74) is 0. The largest absolute Gasteiger partial charge is 0.461 e. The molecule has 0 amide bonds. The van der Waals surface area contributed by atoms with Crippen LogP contribution in [-0.2, 0) is 19.6 Å². The van der Waals surface area contributed by atoms with E-state index in [0.717, 1.165) is 0 Å². The standard InChI is InChI=1S/C5H8O5S/c1-2-3-10-5(6)4-11(7,8)9/h2H,1,3-4H2,(H,7,8,9). The number of carbonyl (C=O) groups excluding carboxylic acids is 1. The van der Waals surface area contributed by atoms with Crippen molar-refractivity contribution in [1.82, 2.24) is 0 Å². The van der Waals surface area contributed by atoms with Crippen LogP contribution < -0.4 is 0 Å². The topological polar surface area (TPSA) is 80.7 Å². The monoisotopic (exact) mass is 180 g/mol. The Kier molecular flexibility index (Phi) is 3.77. The lowest BCUT2D eigenvalue weighted by molar-refractivity contribution is -0.139. The van der Waals surface area contributed by atoms with Crippen LogP contribution in [0.2, 0.25) is 0 Å². The van der Waals surface area contributed by atoms with Crippen molar-refractivity contribution >= 4 is 16.1 Å². The quantitative estimate of drug-likeness (QED) is 0.362. The summed E-state index contributed by atoms with van der Waals surface area (Å²) in [5.74, 6) is -2.01. The van der Waals surface area contributed by atoms with Crippen molar-refractivity contribution in [3.8, 4) is 0 Å². The summed E-state index contributed by atoms with van der Waals surface area (Å²) in [6.45, 7) is 3.18. The smallest absolute Gasteiger partial charge is 0.323 e. The van der Waals surface area contributed by atoms with Gasteiger partial charge in [0.05, 0.1) is 0 Å². The molecule has 0 aromatic rings. The average molecular weight is 180 g/mol. The van der Waals surface area contributed by atoms with E-state index in [-0.39, 0.29) is 6.61 Å². The van der Waals surface area contributed by atoms with Crippen LogP contribution in [0.1, 0.15) is 0 Å². The van der Waals surface area contributed by atoms with Crippen LogP contribution in [0.5, 0.6) is 0 Å². The molecule has 0 bridgehead atoms. The normalized spacial score (nSPS) is 10.6. The Hall–Kier alpha value is -0.880. The summed E-state index contributed by atoms with van der Waals surface area (Å²) in [5, 5.41) is 0. The maximum absolute atomic E-state index is 10.4. The van der Waals surface area contributed by atoms with Crippen molar-refractivity contribution in [1.29, 1.82) is 0 Å². The van der Waals surface area contributed by atoms with Crippen LogP contribution in [-0.4, -0.2) is 31.3 Å². The molecule has 11 heavy (non-hydrogen) atoms. The first-order valence-corrected chi connectivity index (χ1v) is 4.28. The zero-order valence-electron chi connectivity index (χ0n) is 5.69. The van der Waals surface area contributed by atoms with Gasteiger partial charge in [0.25, 0.3) is 10.1 Å². The Bertz CT molecular complexity index is 240. The highest BCUT2D eigenvalue weighted by Gasteiger charge is 2.12. The van der Waals surface area contributed by atoms with Gasteiger partial charge in [-0.05, 0) is 0 Å². The van der Waals surface area contributed by atoms with E-state index in [1.54, 1.807) is 0 Å². The highest BCUT2D eigenvalue weighted by atomic mass is 32.2. The molecule has 6 heteroatoms. The van der Waals surface area contributed by atoms with Gasteiger partial charge in [-0.25, -0.2) is 0 Å². The lowest BCUT2D eigenvalue weighted by atomic mass is 10.7. The van der Waals surface area contributed by atoms with E-state index in [9.17, 15) is 13.2 Å². The van der Waals surface area contributed by atoms with Gasteiger partial charge in [0.15, 0.2) is 5.75 Å². The Morgan fingerprint density at radius 1 is 1.64 bits per heavy atom. The van der Waals surface area contributed by atoms with E-state index >= 15 is 0 Å². The van der Waals surface area contributed by atoms with Crippen LogP contribution in [0.25, 0.3) is 0 Å². The predicted octanol–water partition coefficient (Wildman–Crippen LogP) is -0.397. The molecule has 0 unspecified atom stereocenters. The van der Waals surface area contributed by atoms with E-state index < -0.39 is 21.8 Å². The fourth-order valence-corrected chi connectivity index (χ4v) is 0.724. The van der Waals surface area contributed by atoms with Gasteiger partial charge in [0.2, 0.25) is 0 Å². The lowest BCUT2D eigenvalue weighted by Gasteiger charge is -1.97. The molecule has 5 nitrogen and oxygen atoms in total. The second-order valence-electron chi connectivity index (χ2n) is 1.70. The van der Waals surface area contributed by atoms with Gasteiger partial charge in [0.1, 0.15) is 6.61 Å². The molecule has 0 saturated heterocycles. The molecule has 0 heterocycles. The first-order valence-electron chi connectivity index (χ1n) is 2.67. The molecule has 0 aliphatic carbocycles. The highest BCUT2D eigenvalue weighted by Crippen LogP contribution is 1.86. The summed E-state index contributed by atoms with van der Waals surface area (Å²) >= 11 is 0. The van der Waals surface area contributed by atoms with Gasteiger partial charge in [-0.15, -0.1) is 0 Å². The zero-order chi connectivity index (χ0) is 8.91. The van der Waals surface area contributed by atoms with Crippen molar-refractivity contribution < 1.29 is 22.5 Å². The minimum absolute atomic E-state index is 0.0612. The molecule has 0 spiro atoms. The van der Waals surface area contributed by atoms with Crippen LogP contribution in [0.4, 0.5) is 0 Å². The van der Waals surface area contributed by atoms with E-state index in [4.69, 9.17) is 4.55 Å². The van der Waals surface area contributed by atoms with Gasteiger partial charge in [-0.2, -0.15) is 8.42 Å². The van der Waals surface area contributed by atoms with Crippen molar-refractivity contribution in [3.05, 3.63) is 12.7 Å². The van der Waals surface area contributed by atoms with Gasteiger partial charge in [0, 0.05) is 0 Å². The highest BCUT2D eigenvalue weighted by molar-refractivity contribution is 7.86. The number of hydrogen-bond acceptors (Lipinski definition) is 4. The predicted molar refractivity (Wildman–Crippen MR) is 37.6 cm³/mol. The molecule has 0 aliphatic heterocycles. The number of ether oxygens (including phenoxy) is 1. The summed E-state index contributed by atoms with van der Waals surface area (Å²) in [7, 11) is -4.26. The van der Waals surface area contributed by atoms with Crippen LogP contribution >= 0.6 is 0 Å². The molecule has 0 aromatic heterocycles. The number of hydrogen-bond donors (Lipinski definition) is 1. The molecular formula is C5H8O5S. The number of carbonyl (C=O) groups is 1. The first-order chi connectivity index (χ1) is 4.95. The van der Waals surface area contributed by atoms with Gasteiger partial charge < -0.3 is 4.74 Å². The average Bonchev–Trinajstić information content (AvgIpc) is 1.79. The summed E-state index contributed by atoms with van der Waals surface area (Å²) in [4.78, 5) is 10.4. The van der Waals surface area contributed by atoms with Crippen LogP contribution in [0, 0.1) is 0 Å². The van der Waals surface area contributed by atoms with Crippen LogP contribution in [0.15, 0.2) is 12.7 Å². The molecule has 0 rings (SSSR count). The maximum atomic E-state index is 10.4. The minimum Gasteiger partial charge on any atom is -0.461 e. The SMILES string of the molecule is C=CCOC(=O)CS(=O)(=O)O. The molecule has 0 fully saturated rings. The third-order valence-corrected chi connectivity index (χ3v) is 1.26. The van der Waals surface area contributed by atoms with Crippen molar-refractivity contribution in [3.63, 3.8) is 0 Å². The van der Waals surface area contributed by atoms with E-state index in [1.165, 1.54) is 6.08 Å². The van der Waals surface area contributed by atoms with E-state index in [1.807, 2.05) is 0 Å². The molecule has 1 N–H and O–H groups in total. The van der Waals surface area contributed by atoms with Crippen molar-refractivity contribution in [2.75, 3.05) is 12.4 Å². The summed E-state index contributed by atoms with van der Waals surface area (Å²) in [6.07, 6.45) is 1.29. The first kappa shape index (κ1) is 10.1. The lowest BCUT2D eigenvalue weighted by Crippen LogP contribution is -2.17. The van der Waals surface area contributed by atoms with Crippen molar-refractivity contribution in [2.45, 2.75) is 0 Å². The van der Waals surface area contributed by atoms with E-state index in [0.29, 0.717) is 0 Å². The van der Waals surface area contributed by atoms with Crippen molar-refractivity contribution in [2.24, 2.45) is 0 Å². The number of rotatable bonds is 4. The second-order valence-corrected chi connectivity index (χ2v) is 3.15. The number of esters is 1. The fourth-order valence-electron chi connectivity index (χ4n) is 0.342. The summed E-state index contributed by atoms with van der Waals surface area (Å²) < 4.78 is 32.5. The molecule has 64 valence electrons. The molecule has 0 atom stereocenters. The third kappa shape index (κ3) is 7.01. The van der Waals surface area contributed by atoms with Gasteiger partial charge in [-0.1, -0.05) is 12.7 Å². The van der Waals surface area contributed by atoms with Crippen LogP contribution in [0.3, 0.4) is 0 Å².